The number of hydrogen-bond acceptors (Lipinski definition) is 6. The first-order chi connectivity index (χ1) is 19.8. The Bertz CT molecular complexity index is 1260. The van der Waals surface area contributed by atoms with Gasteiger partial charge in [0.1, 0.15) is 11.8 Å². The van der Waals surface area contributed by atoms with Crippen molar-refractivity contribution in [3.63, 3.8) is 0 Å². The monoisotopic (exact) mass is 579 g/mol. The number of hydrogen-bond donors (Lipinski definition) is 2. The molecular weight excluding hydrogens is 530 g/mol. The minimum atomic E-state index is -1.00. The van der Waals surface area contributed by atoms with Crippen molar-refractivity contribution in [2.24, 2.45) is 17.3 Å². The van der Waals surface area contributed by atoms with Crippen LogP contribution in [0.1, 0.15) is 96.4 Å². The van der Waals surface area contributed by atoms with Crippen molar-refractivity contribution in [3.05, 3.63) is 53.2 Å². The molecule has 8 nitrogen and oxygen atoms in total. The van der Waals surface area contributed by atoms with Crippen LogP contribution in [0, 0.1) is 17.3 Å². The minimum absolute atomic E-state index is 0.0500. The van der Waals surface area contributed by atoms with Crippen molar-refractivity contribution in [1.82, 2.24) is 15.2 Å². The number of rotatable bonds is 8. The molecule has 0 spiro atoms. The van der Waals surface area contributed by atoms with Crippen LogP contribution in [-0.2, 0) is 21.5 Å². The van der Waals surface area contributed by atoms with Gasteiger partial charge in [-0.1, -0.05) is 72.9 Å². The Morgan fingerprint density at radius 2 is 1.71 bits per heavy atom. The number of methoxy groups -OCH3 is 2. The number of benzene rings is 1. The van der Waals surface area contributed by atoms with Crippen LogP contribution in [0.5, 0.6) is 11.6 Å². The van der Waals surface area contributed by atoms with Crippen LogP contribution < -0.4 is 14.8 Å². The van der Waals surface area contributed by atoms with Crippen LogP contribution in [0.4, 0.5) is 0 Å². The highest BCUT2D eigenvalue weighted by atomic mass is 16.5. The maximum atomic E-state index is 14.4. The van der Waals surface area contributed by atoms with Gasteiger partial charge in [0.2, 0.25) is 11.8 Å². The maximum absolute atomic E-state index is 14.4. The highest BCUT2D eigenvalue weighted by Gasteiger charge is 2.59. The van der Waals surface area contributed by atoms with E-state index in [2.05, 4.69) is 64.0 Å². The summed E-state index contributed by atoms with van der Waals surface area (Å²) in [5, 5.41) is 14.5. The van der Waals surface area contributed by atoms with Crippen LogP contribution in [0.3, 0.4) is 0 Å². The van der Waals surface area contributed by atoms with E-state index in [-0.39, 0.29) is 23.3 Å². The number of carbonyl (C=O) groups excluding carboxylic acids is 1. The Morgan fingerprint density at radius 1 is 1.02 bits per heavy atom. The van der Waals surface area contributed by atoms with Gasteiger partial charge in [-0.05, 0) is 47.4 Å². The van der Waals surface area contributed by atoms with E-state index in [1.807, 2.05) is 18.2 Å². The highest BCUT2D eigenvalue weighted by molar-refractivity contribution is 5.87. The van der Waals surface area contributed by atoms with Crippen molar-refractivity contribution >= 4 is 11.9 Å². The first kappa shape index (κ1) is 31.8. The van der Waals surface area contributed by atoms with E-state index < -0.39 is 29.4 Å². The second-order valence-electron chi connectivity index (χ2n) is 14.0. The van der Waals surface area contributed by atoms with Crippen LogP contribution in [0.25, 0.3) is 0 Å². The summed E-state index contributed by atoms with van der Waals surface area (Å²) in [5.41, 5.74) is 2.40. The van der Waals surface area contributed by atoms with Gasteiger partial charge in [0.25, 0.3) is 0 Å². The summed E-state index contributed by atoms with van der Waals surface area (Å²) in [6.07, 6.45) is 6.30. The molecule has 8 heteroatoms. The molecule has 0 radical (unpaired) electrons. The van der Waals surface area contributed by atoms with Crippen molar-refractivity contribution in [3.8, 4) is 11.6 Å². The van der Waals surface area contributed by atoms with Gasteiger partial charge >= 0.3 is 5.97 Å². The zero-order valence-corrected chi connectivity index (χ0v) is 26.6. The Kier molecular flexibility index (Phi) is 9.55. The third kappa shape index (κ3) is 6.43. The molecule has 1 amide bonds. The predicted molar refractivity (Wildman–Crippen MR) is 164 cm³/mol. The topological polar surface area (TPSA) is 101 Å². The van der Waals surface area contributed by atoms with Gasteiger partial charge in [-0.2, -0.15) is 0 Å². The Morgan fingerprint density at radius 3 is 2.29 bits per heavy atom. The van der Waals surface area contributed by atoms with Crippen molar-refractivity contribution in [1.29, 1.82) is 0 Å². The number of pyridine rings is 1. The number of likely N-dealkylation sites (tertiary alicyclic amines) is 1. The first-order valence-electron chi connectivity index (χ1n) is 15.2. The molecule has 0 bridgehead atoms. The molecule has 1 saturated carbocycles. The summed E-state index contributed by atoms with van der Waals surface area (Å²) in [6, 6.07) is 8.01. The lowest BCUT2D eigenvalue weighted by molar-refractivity contribution is -0.154. The SMILES string of the molecule is COc1ccc(C(C)(C)C)cc1CN[C@H]1[C@H](C(C)(C)C)[C@@H](C(=O)O)N(C(=O)C2CCCCC2)[C@H]1c1cccnc1OC. The van der Waals surface area contributed by atoms with Crippen LogP contribution in [-0.4, -0.2) is 53.2 Å². The van der Waals surface area contributed by atoms with Gasteiger partial charge < -0.3 is 24.8 Å². The lowest BCUT2D eigenvalue weighted by Gasteiger charge is -2.36. The molecule has 2 heterocycles. The molecule has 1 aliphatic carbocycles. The highest BCUT2D eigenvalue weighted by Crippen LogP contribution is 2.50. The standard InChI is InChI=1S/C34H49N3O5/c1-33(2,3)23-16-17-25(41-7)22(19-23)20-36-27-26(34(4,5)6)29(32(39)40)37(31(38)21-13-10-9-11-14-21)28(27)24-15-12-18-35-30(24)42-8/h12,15-19,21,26-29,36H,9-11,13-14,20H2,1-8H3,(H,39,40)/t26-,27-,28-,29-/m0/s1. The fraction of sp³-hybridized carbons (Fsp3) is 0.618. The van der Waals surface area contributed by atoms with E-state index >= 15 is 0 Å². The summed E-state index contributed by atoms with van der Waals surface area (Å²) in [7, 11) is 3.23. The largest absolute Gasteiger partial charge is 0.496 e. The maximum Gasteiger partial charge on any atom is 0.326 e. The summed E-state index contributed by atoms with van der Waals surface area (Å²) in [5.74, 6) is -0.474. The molecule has 4 atom stereocenters. The van der Waals surface area contributed by atoms with E-state index in [9.17, 15) is 14.7 Å². The minimum Gasteiger partial charge on any atom is -0.496 e. The van der Waals surface area contributed by atoms with Crippen molar-refractivity contribution < 1.29 is 24.2 Å². The smallest absolute Gasteiger partial charge is 0.326 e. The molecule has 2 aromatic rings. The molecule has 2 N–H and O–H groups in total. The molecule has 230 valence electrons. The van der Waals surface area contributed by atoms with E-state index in [1.165, 1.54) is 5.56 Å². The lowest BCUT2D eigenvalue weighted by atomic mass is 9.72. The van der Waals surface area contributed by atoms with Gasteiger partial charge in [0, 0.05) is 41.7 Å². The lowest BCUT2D eigenvalue weighted by Crippen LogP contribution is -2.49. The average molecular weight is 580 g/mol. The fourth-order valence-corrected chi connectivity index (χ4v) is 7.02. The molecule has 1 aromatic heterocycles. The normalized spacial score (nSPS) is 23.6. The second kappa shape index (κ2) is 12.6. The number of carboxylic acid groups (broad SMARTS) is 1. The van der Waals surface area contributed by atoms with Crippen LogP contribution in [0.2, 0.25) is 0 Å². The number of nitrogens with zero attached hydrogens (tertiary/aromatic N) is 2. The van der Waals surface area contributed by atoms with E-state index in [0.717, 1.165) is 49.0 Å². The fourth-order valence-electron chi connectivity index (χ4n) is 7.02. The zero-order valence-electron chi connectivity index (χ0n) is 26.6. The molecule has 1 saturated heterocycles. The van der Waals surface area contributed by atoms with Crippen molar-refractivity contribution in [2.45, 2.75) is 104 Å². The van der Waals surface area contributed by atoms with Crippen LogP contribution in [0.15, 0.2) is 36.5 Å². The van der Waals surface area contributed by atoms with Gasteiger partial charge in [-0.25, -0.2) is 9.78 Å². The molecule has 42 heavy (non-hydrogen) atoms. The number of amides is 1. The van der Waals surface area contributed by atoms with Gasteiger partial charge in [0.15, 0.2) is 0 Å². The Labute approximate surface area is 251 Å². The molecule has 0 unspecified atom stereocenters. The van der Waals surface area contributed by atoms with Gasteiger partial charge in [0.05, 0.1) is 20.3 Å². The number of ether oxygens (including phenoxy) is 2. The third-order valence-electron chi connectivity index (χ3n) is 9.12. The predicted octanol–water partition coefficient (Wildman–Crippen LogP) is 6.13. The second-order valence-corrected chi connectivity index (χ2v) is 14.0. The first-order valence-corrected chi connectivity index (χ1v) is 15.2. The van der Waals surface area contributed by atoms with E-state index in [1.54, 1.807) is 25.3 Å². The van der Waals surface area contributed by atoms with Gasteiger partial charge in [-0.15, -0.1) is 0 Å². The third-order valence-corrected chi connectivity index (χ3v) is 9.12. The summed E-state index contributed by atoms with van der Waals surface area (Å²) >= 11 is 0. The summed E-state index contributed by atoms with van der Waals surface area (Å²) < 4.78 is 11.4. The quantitative estimate of drug-likeness (QED) is 0.388. The molecule has 2 aliphatic rings. The Balaban J connectivity index is 1.86. The summed E-state index contributed by atoms with van der Waals surface area (Å²) in [4.78, 5) is 33.7. The molecular formula is C34H49N3O5. The number of carboxylic acids is 1. The zero-order chi connectivity index (χ0) is 30.8. The Hall–Kier alpha value is -3.13. The molecule has 1 aromatic carbocycles. The van der Waals surface area contributed by atoms with Crippen LogP contribution >= 0.6 is 0 Å². The number of aromatic nitrogens is 1. The molecule has 4 rings (SSSR count). The van der Waals surface area contributed by atoms with Crippen molar-refractivity contribution in [2.75, 3.05) is 14.2 Å². The van der Waals surface area contributed by atoms with E-state index in [4.69, 9.17) is 9.47 Å². The average Bonchev–Trinajstić information content (AvgIpc) is 3.31. The molecule has 1 aliphatic heterocycles. The number of nitrogens with one attached hydrogen (secondary N) is 1. The van der Waals surface area contributed by atoms with E-state index in [0.29, 0.717) is 12.4 Å². The molecule has 2 fully saturated rings. The van der Waals surface area contributed by atoms with Gasteiger partial charge in [-0.3, -0.25) is 4.79 Å². The number of aliphatic carboxylic acids is 1. The summed E-state index contributed by atoms with van der Waals surface area (Å²) in [6.45, 7) is 13.2. The number of carbonyl (C=O) groups is 2.